The molecule has 0 heterocycles. The average molecular weight is 265 g/mol. The number of rotatable bonds is 2. The fraction of sp³-hybridized carbons (Fsp3) is 0.250. The fourth-order valence-electron chi connectivity index (χ4n) is 1.09. The molecule has 1 aromatic carbocycles. The van der Waals surface area contributed by atoms with Gasteiger partial charge >= 0.3 is 0 Å². The van der Waals surface area contributed by atoms with E-state index in [0.29, 0.717) is 10.0 Å². The Morgan fingerprint density at radius 2 is 2.23 bits per heavy atom. The normalized spacial score (nSPS) is 10.1. The van der Waals surface area contributed by atoms with Crippen LogP contribution < -0.4 is 0 Å². The number of aryl methyl sites for hydroxylation is 1. The minimum absolute atomic E-state index is 0.0712. The van der Waals surface area contributed by atoms with E-state index in [0.717, 1.165) is 5.56 Å². The maximum absolute atomic E-state index is 10.6. The summed E-state index contributed by atoms with van der Waals surface area (Å²) >= 11 is 8.81. The van der Waals surface area contributed by atoms with Crippen LogP contribution in [0.1, 0.15) is 11.1 Å². The summed E-state index contributed by atoms with van der Waals surface area (Å²) in [7, 11) is 0. The third-order valence-electron chi connectivity index (χ3n) is 1.74. The van der Waals surface area contributed by atoms with Gasteiger partial charge in [0.1, 0.15) is 0 Å². The first-order chi connectivity index (χ1) is 6.06. The quantitative estimate of drug-likeness (QED) is 0.467. The molecule has 0 fully saturated rings. The molecule has 3 nitrogen and oxygen atoms in total. The van der Waals surface area contributed by atoms with Crippen molar-refractivity contribution in [3.63, 3.8) is 0 Å². The van der Waals surface area contributed by atoms with Gasteiger partial charge in [-0.25, -0.2) is 0 Å². The summed E-state index contributed by atoms with van der Waals surface area (Å²) in [5.74, 6) is 0.162. The molecule has 0 amide bonds. The first kappa shape index (κ1) is 10.5. The Labute approximate surface area is 89.0 Å². The van der Waals surface area contributed by atoms with Gasteiger partial charge in [-0.15, -0.1) is 11.6 Å². The van der Waals surface area contributed by atoms with E-state index in [9.17, 15) is 10.1 Å². The van der Waals surface area contributed by atoms with Crippen LogP contribution in [0.15, 0.2) is 16.6 Å². The average Bonchev–Trinajstić information content (AvgIpc) is 2.02. The van der Waals surface area contributed by atoms with Gasteiger partial charge in [-0.3, -0.25) is 10.1 Å². The lowest BCUT2D eigenvalue weighted by Crippen LogP contribution is -1.96. The lowest BCUT2D eigenvalue weighted by atomic mass is 10.1. The zero-order chi connectivity index (χ0) is 10.0. The van der Waals surface area contributed by atoms with Crippen molar-refractivity contribution in [3.05, 3.63) is 37.8 Å². The number of hydrogen-bond acceptors (Lipinski definition) is 2. The molecule has 0 aliphatic heterocycles. The standard InChI is InChI=1S/C8H7BrClNO2/c1-5-2-6(9)3-8(11(12)13)7(5)4-10/h2-3H,4H2,1H3. The summed E-state index contributed by atoms with van der Waals surface area (Å²) in [4.78, 5) is 10.2. The molecule has 1 rings (SSSR count). The molecule has 13 heavy (non-hydrogen) atoms. The maximum atomic E-state index is 10.6. The van der Waals surface area contributed by atoms with Crippen LogP contribution in [0.3, 0.4) is 0 Å². The molecule has 0 saturated carbocycles. The van der Waals surface area contributed by atoms with Crippen molar-refractivity contribution in [1.29, 1.82) is 0 Å². The van der Waals surface area contributed by atoms with Crippen molar-refractivity contribution < 1.29 is 4.92 Å². The van der Waals surface area contributed by atoms with E-state index in [1.165, 1.54) is 6.07 Å². The molecular formula is C8H7BrClNO2. The number of nitro benzene ring substituents is 1. The molecule has 0 radical (unpaired) electrons. The van der Waals surface area contributed by atoms with Gasteiger partial charge in [0.2, 0.25) is 0 Å². The van der Waals surface area contributed by atoms with E-state index in [4.69, 9.17) is 11.6 Å². The highest BCUT2D eigenvalue weighted by atomic mass is 79.9. The summed E-state index contributed by atoms with van der Waals surface area (Å²) in [6, 6.07) is 3.27. The van der Waals surface area contributed by atoms with Crippen LogP contribution in [-0.4, -0.2) is 4.92 Å². The highest BCUT2D eigenvalue weighted by Crippen LogP contribution is 2.28. The topological polar surface area (TPSA) is 43.1 Å². The molecule has 0 aliphatic carbocycles. The van der Waals surface area contributed by atoms with Gasteiger partial charge in [0, 0.05) is 16.1 Å². The van der Waals surface area contributed by atoms with Gasteiger partial charge in [0.05, 0.1) is 10.8 Å². The van der Waals surface area contributed by atoms with Gasteiger partial charge < -0.3 is 0 Å². The second-order valence-electron chi connectivity index (χ2n) is 2.61. The molecule has 0 saturated heterocycles. The van der Waals surface area contributed by atoms with Crippen LogP contribution in [0, 0.1) is 17.0 Å². The van der Waals surface area contributed by atoms with Crippen molar-refractivity contribution in [2.75, 3.05) is 0 Å². The molecule has 0 aliphatic rings. The monoisotopic (exact) mass is 263 g/mol. The van der Waals surface area contributed by atoms with E-state index >= 15 is 0 Å². The number of benzene rings is 1. The Morgan fingerprint density at radius 1 is 1.62 bits per heavy atom. The molecule has 0 atom stereocenters. The van der Waals surface area contributed by atoms with Crippen LogP contribution >= 0.6 is 27.5 Å². The molecular weight excluding hydrogens is 257 g/mol. The molecule has 5 heteroatoms. The van der Waals surface area contributed by atoms with Gasteiger partial charge in [-0.05, 0) is 18.6 Å². The molecule has 0 bridgehead atoms. The first-order valence-electron chi connectivity index (χ1n) is 3.55. The van der Waals surface area contributed by atoms with Crippen molar-refractivity contribution >= 4 is 33.2 Å². The number of halogens is 2. The number of nitro groups is 1. The Morgan fingerprint density at radius 3 is 2.69 bits per heavy atom. The van der Waals surface area contributed by atoms with Crippen LogP contribution in [0.2, 0.25) is 0 Å². The lowest BCUT2D eigenvalue weighted by molar-refractivity contribution is -0.385. The third-order valence-corrected chi connectivity index (χ3v) is 2.47. The van der Waals surface area contributed by atoms with Crippen LogP contribution in [0.25, 0.3) is 0 Å². The van der Waals surface area contributed by atoms with Crippen LogP contribution in [0.5, 0.6) is 0 Å². The molecule has 0 N–H and O–H groups in total. The van der Waals surface area contributed by atoms with E-state index < -0.39 is 4.92 Å². The zero-order valence-electron chi connectivity index (χ0n) is 6.88. The summed E-state index contributed by atoms with van der Waals surface area (Å²) in [6.07, 6.45) is 0. The number of alkyl halides is 1. The lowest BCUT2D eigenvalue weighted by Gasteiger charge is -2.03. The van der Waals surface area contributed by atoms with Crippen LogP contribution in [-0.2, 0) is 5.88 Å². The number of hydrogen-bond donors (Lipinski definition) is 0. The summed E-state index contributed by atoms with van der Waals surface area (Å²) in [5.41, 5.74) is 1.48. The molecule has 1 aromatic rings. The first-order valence-corrected chi connectivity index (χ1v) is 4.88. The van der Waals surface area contributed by atoms with Crippen LogP contribution in [0.4, 0.5) is 5.69 Å². The maximum Gasteiger partial charge on any atom is 0.275 e. The minimum Gasteiger partial charge on any atom is -0.258 e. The Kier molecular flexibility index (Phi) is 3.27. The second kappa shape index (κ2) is 4.07. The summed E-state index contributed by atoms with van der Waals surface area (Å²) in [5, 5.41) is 10.6. The molecule has 0 spiro atoms. The smallest absolute Gasteiger partial charge is 0.258 e. The van der Waals surface area contributed by atoms with E-state index in [1.54, 1.807) is 6.92 Å². The number of nitrogens with zero attached hydrogens (tertiary/aromatic N) is 1. The van der Waals surface area contributed by atoms with E-state index in [2.05, 4.69) is 15.9 Å². The van der Waals surface area contributed by atoms with Crippen molar-refractivity contribution in [2.24, 2.45) is 0 Å². The largest absolute Gasteiger partial charge is 0.275 e. The van der Waals surface area contributed by atoms with E-state index in [1.807, 2.05) is 6.07 Å². The third kappa shape index (κ3) is 2.19. The Balaban J connectivity index is 3.38. The van der Waals surface area contributed by atoms with Gasteiger partial charge in [-0.2, -0.15) is 0 Å². The van der Waals surface area contributed by atoms with Crippen molar-refractivity contribution in [1.82, 2.24) is 0 Å². The predicted molar refractivity (Wildman–Crippen MR) is 55.1 cm³/mol. The van der Waals surface area contributed by atoms with E-state index in [-0.39, 0.29) is 11.6 Å². The highest BCUT2D eigenvalue weighted by Gasteiger charge is 2.15. The SMILES string of the molecule is Cc1cc(Br)cc([N+](=O)[O-])c1CCl. The van der Waals surface area contributed by atoms with Gasteiger partial charge in [-0.1, -0.05) is 15.9 Å². The molecule has 0 aromatic heterocycles. The fourth-order valence-corrected chi connectivity index (χ4v) is 2.00. The molecule has 0 unspecified atom stereocenters. The predicted octanol–water partition coefficient (Wildman–Crippen LogP) is 3.40. The highest BCUT2D eigenvalue weighted by molar-refractivity contribution is 9.10. The van der Waals surface area contributed by atoms with Crippen molar-refractivity contribution in [3.8, 4) is 0 Å². The van der Waals surface area contributed by atoms with Gasteiger partial charge in [0.15, 0.2) is 0 Å². The second-order valence-corrected chi connectivity index (χ2v) is 3.79. The van der Waals surface area contributed by atoms with Gasteiger partial charge in [0.25, 0.3) is 5.69 Å². The summed E-state index contributed by atoms with van der Waals surface area (Å²) in [6.45, 7) is 1.80. The molecule has 70 valence electrons. The summed E-state index contributed by atoms with van der Waals surface area (Å²) < 4.78 is 0.700. The zero-order valence-corrected chi connectivity index (χ0v) is 9.22. The van der Waals surface area contributed by atoms with Crippen molar-refractivity contribution in [2.45, 2.75) is 12.8 Å². The minimum atomic E-state index is -0.421. The Bertz CT molecular complexity index is 354. The Hall–Kier alpha value is -0.610.